The van der Waals surface area contributed by atoms with E-state index in [1.807, 2.05) is 12.4 Å². The Morgan fingerprint density at radius 1 is 1.00 bits per heavy atom. The van der Waals surface area contributed by atoms with Gasteiger partial charge in [0.15, 0.2) is 0 Å². The summed E-state index contributed by atoms with van der Waals surface area (Å²) < 4.78 is 1.50. The zero-order valence-corrected chi connectivity index (χ0v) is 18.1. The fourth-order valence-electron chi connectivity index (χ4n) is 3.03. The molecule has 0 aromatic carbocycles. The summed E-state index contributed by atoms with van der Waals surface area (Å²) in [5.41, 5.74) is 1.24. The van der Waals surface area contributed by atoms with Crippen LogP contribution in [0.3, 0.4) is 0 Å². The van der Waals surface area contributed by atoms with E-state index in [2.05, 4.69) is 40.6 Å². The predicted octanol–water partition coefficient (Wildman–Crippen LogP) is 5.96. The maximum absolute atomic E-state index is 4.55. The summed E-state index contributed by atoms with van der Waals surface area (Å²) in [5, 5.41) is 0. The number of rotatable bonds is 12. The van der Waals surface area contributed by atoms with Crippen LogP contribution in [-0.2, 0) is 12.8 Å². The predicted molar refractivity (Wildman–Crippen MR) is 112 cm³/mol. The van der Waals surface area contributed by atoms with Gasteiger partial charge in [0.2, 0.25) is 0 Å². The van der Waals surface area contributed by atoms with Gasteiger partial charge in [-0.05, 0) is 0 Å². The molecular weight excluding hydrogens is 395 g/mol. The third-order valence-corrected chi connectivity index (χ3v) is 7.61. The van der Waals surface area contributed by atoms with Crippen molar-refractivity contribution in [3.63, 3.8) is 0 Å². The molecule has 1 rings (SSSR count). The Hall–Kier alpha value is -0.190. The van der Waals surface area contributed by atoms with E-state index in [-0.39, 0.29) is 0 Å². The molecule has 0 fully saturated rings. The Kier molecular flexibility index (Phi) is 11.1. The van der Waals surface area contributed by atoms with Gasteiger partial charge in [0.25, 0.3) is 0 Å². The SMILES string of the molecule is CCCCCC(C)C(CCc1ncc(CC)cn1)CCI(C)C. The normalized spacial score (nSPS) is 14.6. The average molecular weight is 432 g/mol. The van der Waals surface area contributed by atoms with Crippen LogP contribution >= 0.6 is 19.8 Å². The number of aryl methyl sites for hydroxylation is 2. The van der Waals surface area contributed by atoms with Crippen molar-refractivity contribution in [3.8, 4) is 0 Å². The molecule has 0 spiro atoms. The quantitative estimate of drug-likeness (QED) is 0.231. The van der Waals surface area contributed by atoms with E-state index in [0.717, 1.165) is 30.5 Å². The molecule has 0 saturated carbocycles. The fraction of sp³-hybridized carbons (Fsp3) is 0.800. The summed E-state index contributed by atoms with van der Waals surface area (Å²) in [6, 6.07) is 0. The van der Waals surface area contributed by atoms with Crippen molar-refractivity contribution in [3.05, 3.63) is 23.8 Å². The minimum atomic E-state index is -0.602. The monoisotopic (exact) mass is 432 g/mol. The van der Waals surface area contributed by atoms with Crippen LogP contribution in [0.5, 0.6) is 0 Å². The molecule has 0 N–H and O–H groups in total. The zero-order chi connectivity index (χ0) is 17.1. The first kappa shape index (κ1) is 20.9. The second kappa shape index (κ2) is 12.2. The Labute approximate surface area is 151 Å². The van der Waals surface area contributed by atoms with Crippen molar-refractivity contribution in [2.75, 3.05) is 14.3 Å². The van der Waals surface area contributed by atoms with Crippen molar-refractivity contribution in [1.82, 2.24) is 9.97 Å². The number of alkyl halides is 3. The molecule has 134 valence electrons. The number of aromatic nitrogens is 2. The van der Waals surface area contributed by atoms with Crippen molar-refractivity contribution in [2.45, 2.75) is 72.1 Å². The molecule has 0 aliphatic carbocycles. The molecule has 1 aromatic heterocycles. The number of nitrogens with zero attached hydrogens (tertiary/aromatic N) is 2. The Balaban J connectivity index is 2.52. The van der Waals surface area contributed by atoms with E-state index < -0.39 is 19.8 Å². The van der Waals surface area contributed by atoms with Gasteiger partial charge >= 0.3 is 152 Å². The minimum absolute atomic E-state index is 0.602. The molecule has 0 bridgehead atoms. The van der Waals surface area contributed by atoms with E-state index in [1.54, 1.807) is 0 Å². The zero-order valence-electron chi connectivity index (χ0n) is 15.9. The summed E-state index contributed by atoms with van der Waals surface area (Å²) in [6.45, 7) is 6.93. The first-order valence-electron chi connectivity index (χ1n) is 9.32. The fourth-order valence-corrected chi connectivity index (χ4v) is 5.08. The number of hydrogen-bond acceptors (Lipinski definition) is 2. The van der Waals surface area contributed by atoms with Crippen molar-refractivity contribution < 1.29 is 0 Å². The van der Waals surface area contributed by atoms with Gasteiger partial charge in [-0.1, -0.05) is 0 Å². The molecule has 0 amide bonds. The number of halogens is 1. The second-order valence-electron chi connectivity index (χ2n) is 7.02. The maximum atomic E-state index is 4.55. The van der Waals surface area contributed by atoms with Crippen LogP contribution in [0.1, 0.15) is 70.7 Å². The van der Waals surface area contributed by atoms with Crippen molar-refractivity contribution in [1.29, 1.82) is 0 Å². The molecule has 2 atom stereocenters. The first-order chi connectivity index (χ1) is 11.1. The van der Waals surface area contributed by atoms with Gasteiger partial charge in [-0.15, -0.1) is 0 Å². The third kappa shape index (κ3) is 9.02. The molecule has 0 radical (unpaired) electrons. The molecule has 1 heterocycles. The van der Waals surface area contributed by atoms with Crippen LogP contribution in [0.2, 0.25) is 0 Å². The van der Waals surface area contributed by atoms with Gasteiger partial charge in [-0.3, -0.25) is 0 Å². The second-order valence-corrected chi connectivity index (χ2v) is 13.3. The number of hydrogen-bond donors (Lipinski definition) is 0. The van der Waals surface area contributed by atoms with Crippen LogP contribution in [-0.4, -0.2) is 24.3 Å². The Morgan fingerprint density at radius 2 is 1.70 bits per heavy atom. The van der Waals surface area contributed by atoms with E-state index in [1.165, 1.54) is 48.5 Å². The van der Waals surface area contributed by atoms with Crippen LogP contribution < -0.4 is 0 Å². The summed E-state index contributed by atoms with van der Waals surface area (Å²) in [7, 11) is 0. The molecule has 23 heavy (non-hydrogen) atoms. The van der Waals surface area contributed by atoms with Gasteiger partial charge in [-0.2, -0.15) is 0 Å². The molecule has 0 aliphatic rings. The van der Waals surface area contributed by atoms with E-state index >= 15 is 0 Å². The van der Waals surface area contributed by atoms with E-state index in [0.29, 0.717) is 0 Å². The molecule has 2 nitrogen and oxygen atoms in total. The topological polar surface area (TPSA) is 25.8 Å². The van der Waals surface area contributed by atoms with Crippen LogP contribution in [0.25, 0.3) is 0 Å². The number of unbranched alkanes of at least 4 members (excludes halogenated alkanes) is 2. The molecule has 0 saturated heterocycles. The first-order valence-corrected chi connectivity index (χ1v) is 15.2. The Morgan fingerprint density at radius 3 is 2.26 bits per heavy atom. The van der Waals surface area contributed by atoms with Gasteiger partial charge in [0, 0.05) is 0 Å². The van der Waals surface area contributed by atoms with Crippen molar-refractivity contribution >= 4 is 19.8 Å². The van der Waals surface area contributed by atoms with Gasteiger partial charge in [-0.25, -0.2) is 0 Å². The van der Waals surface area contributed by atoms with Crippen LogP contribution in [0.4, 0.5) is 0 Å². The molecule has 1 aromatic rings. The molecular formula is C20H37IN2. The summed E-state index contributed by atoms with van der Waals surface area (Å²) >= 11 is -0.602. The average Bonchev–Trinajstić information content (AvgIpc) is 2.55. The van der Waals surface area contributed by atoms with Gasteiger partial charge < -0.3 is 0 Å². The molecule has 2 unspecified atom stereocenters. The Bertz CT molecular complexity index is 403. The summed E-state index contributed by atoms with van der Waals surface area (Å²) in [5.74, 6) is 2.75. The summed E-state index contributed by atoms with van der Waals surface area (Å²) in [6.07, 6.45) is 14.3. The molecule has 0 aliphatic heterocycles. The van der Waals surface area contributed by atoms with Crippen LogP contribution in [0, 0.1) is 11.8 Å². The van der Waals surface area contributed by atoms with Crippen molar-refractivity contribution in [2.24, 2.45) is 11.8 Å². The van der Waals surface area contributed by atoms with Gasteiger partial charge in [0.1, 0.15) is 0 Å². The third-order valence-electron chi connectivity index (χ3n) is 4.83. The standard InChI is InChI=1S/C20H37IN2/c1-6-8-9-10-17(3)19(13-14-21(4)5)11-12-20-22-15-18(7-2)16-23-20/h15-17,19H,6-14H2,1-5H3. The van der Waals surface area contributed by atoms with Crippen LogP contribution in [0.15, 0.2) is 12.4 Å². The van der Waals surface area contributed by atoms with E-state index in [4.69, 9.17) is 0 Å². The van der Waals surface area contributed by atoms with Gasteiger partial charge in [0.05, 0.1) is 0 Å². The summed E-state index contributed by atoms with van der Waals surface area (Å²) in [4.78, 5) is 14.1. The van der Waals surface area contributed by atoms with E-state index in [9.17, 15) is 0 Å². The molecule has 3 heteroatoms.